The van der Waals surface area contributed by atoms with E-state index in [1.165, 1.54) is 6.07 Å². The predicted octanol–water partition coefficient (Wildman–Crippen LogP) is 4.50. The first-order chi connectivity index (χ1) is 16.3. The number of hydrogen-bond donors (Lipinski definition) is 3. The molecular weight excluding hydrogens is 450 g/mol. The lowest BCUT2D eigenvalue weighted by molar-refractivity contribution is 0.102. The number of primary sulfonamides is 1. The number of carbonyl (C=O) groups excluding carboxylic acids is 1. The molecule has 4 aromatic carbocycles. The summed E-state index contributed by atoms with van der Waals surface area (Å²) >= 11 is 0. The number of amides is 1. The van der Waals surface area contributed by atoms with Crippen LogP contribution < -0.4 is 20.9 Å². The van der Waals surface area contributed by atoms with Crippen LogP contribution >= 0.6 is 0 Å². The second-order valence-electron chi connectivity index (χ2n) is 7.52. The molecule has 4 aromatic rings. The highest BCUT2D eigenvalue weighted by molar-refractivity contribution is 7.89. The Morgan fingerprint density at radius 3 is 2.29 bits per heavy atom. The van der Waals surface area contributed by atoms with Crippen LogP contribution in [0.15, 0.2) is 102 Å². The van der Waals surface area contributed by atoms with Crippen LogP contribution in [0.3, 0.4) is 0 Å². The molecule has 0 aromatic heterocycles. The maximum Gasteiger partial charge on any atom is 0.259 e. The minimum absolute atomic E-state index is 0.0385. The number of carbonyl (C=O) groups is 1. The first-order valence-electron chi connectivity index (χ1n) is 10.4. The molecule has 34 heavy (non-hydrogen) atoms. The number of hydrogen-bond acceptors (Lipinski definition) is 5. The highest BCUT2D eigenvalue weighted by Gasteiger charge is 2.16. The highest BCUT2D eigenvalue weighted by Crippen LogP contribution is 2.29. The van der Waals surface area contributed by atoms with E-state index in [0.717, 1.165) is 5.56 Å². The monoisotopic (exact) mass is 473 g/mol. The van der Waals surface area contributed by atoms with E-state index in [0.29, 0.717) is 40.4 Å². The van der Waals surface area contributed by atoms with Gasteiger partial charge in [0.1, 0.15) is 11.5 Å². The molecule has 0 atom stereocenters. The van der Waals surface area contributed by atoms with Crippen molar-refractivity contribution < 1.29 is 17.9 Å². The van der Waals surface area contributed by atoms with Crippen LogP contribution in [0.4, 0.5) is 5.69 Å². The Labute approximate surface area is 198 Å². The topological polar surface area (TPSA) is 125 Å². The summed E-state index contributed by atoms with van der Waals surface area (Å²) in [5, 5.41) is 8.19. The van der Waals surface area contributed by atoms with Crippen molar-refractivity contribution in [1.82, 2.24) is 0 Å². The van der Waals surface area contributed by atoms with Crippen molar-refractivity contribution in [3.63, 3.8) is 0 Å². The molecule has 0 heterocycles. The summed E-state index contributed by atoms with van der Waals surface area (Å²) in [4.78, 5) is 13.0. The molecule has 0 saturated heterocycles. The fourth-order valence-corrected chi connectivity index (χ4v) is 4.25. The third-order valence-electron chi connectivity index (χ3n) is 5.14. The number of rotatable bonds is 7. The number of benzene rings is 4. The zero-order valence-corrected chi connectivity index (χ0v) is 19.0. The van der Waals surface area contributed by atoms with Gasteiger partial charge in [0.25, 0.3) is 5.91 Å². The van der Waals surface area contributed by atoms with Crippen LogP contribution in [-0.2, 0) is 16.6 Å². The third-order valence-corrected chi connectivity index (χ3v) is 6.11. The van der Waals surface area contributed by atoms with Gasteiger partial charge >= 0.3 is 0 Å². The molecule has 172 valence electrons. The van der Waals surface area contributed by atoms with Gasteiger partial charge in [-0.15, -0.1) is 0 Å². The second-order valence-corrected chi connectivity index (χ2v) is 9.05. The van der Waals surface area contributed by atoms with Gasteiger partial charge in [0, 0.05) is 17.8 Å². The molecule has 0 aliphatic rings. The van der Waals surface area contributed by atoms with Crippen LogP contribution in [0.25, 0.3) is 11.1 Å². The smallest absolute Gasteiger partial charge is 0.259 e. The van der Waals surface area contributed by atoms with Crippen LogP contribution in [0, 0.1) is 0 Å². The van der Waals surface area contributed by atoms with Gasteiger partial charge in [0.2, 0.25) is 10.0 Å². The molecule has 0 spiro atoms. The minimum atomic E-state index is -3.87. The van der Waals surface area contributed by atoms with Crippen molar-refractivity contribution in [2.75, 3.05) is 5.32 Å². The van der Waals surface area contributed by atoms with E-state index in [9.17, 15) is 13.2 Å². The number of ether oxygens (including phenoxy) is 1. The molecule has 7 nitrogen and oxygen atoms in total. The quantitative estimate of drug-likeness (QED) is 0.364. The SMILES string of the molecule is NCc1cccc(Oc2ccccc2C(=O)Nc2ccc(-c3ccccc3S(N)(=O)=O)cc2)c1. The summed E-state index contributed by atoms with van der Waals surface area (Å²) in [6.45, 7) is 0.386. The molecule has 8 heteroatoms. The van der Waals surface area contributed by atoms with E-state index < -0.39 is 10.0 Å². The summed E-state index contributed by atoms with van der Waals surface area (Å²) < 4.78 is 29.7. The number of para-hydroxylation sites is 1. The standard InChI is InChI=1S/C26H23N3O4S/c27-17-18-6-5-7-21(16-18)33-24-10-3-1-9-23(24)26(30)29-20-14-12-19(13-15-20)22-8-2-4-11-25(22)34(28,31)32/h1-16H,17,27H2,(H,29,30)(H2,28,31,32). The van der Waals surface area contributed by atoms with Crippen LogP contribution in [0.2, 0.25) is 0 Å². The van der Waals surface area contributed by atoms with Gasteiger partial charge in [-0.25, -0.2) is 13.6 Å². The summed E-state index contributed by atoms with van der Waals surface area (Å²) in [5.74, 6) is 0.650. The average Bonchev–Trinajstić information content (AvgIpc) is 2.84. The molecule has 0 saturated carbocycles. The van der Waals surface area contributed by atoms with Crippen molar-refractivity contribution >= 4 is 21.6 Å². The van der Waals surface area contributed by atoms with Crippen molar-refractivity contribution in [3.05, 3.63) is 108 Å². The van der Waals surface area contributed by atoms with Crippen LogP contribution in [0.1, 0.15) is 15.9 Å². The summed E-state index contributed by atoms with van der Waals surface area (Å²) in [6.07, 6.45) is 0. The molecule has 0 bridgehead atoms. The molecule has 1 amide bonds. The Morgan fingerprint density at radius 1 is 0.853 bits per heavy atom. The van der Waals surface area contributed by atoms with Gasteiger partial charge in [-0.3, -0.25) is 4.79 Å². The number of nitrogens with one attached hydrogen (secondary N) is 1. The molecule has 0 aliphatic heterocycles. The Morgan fingerprint density at radius 2 is 1.56 bits per heavy atom. The van der Waals surface area contributed by atoms with Crippen molar-refractivity contribution in [2.24, 2.45) is 10.9 Å². The molecule has 0 unspecified atom stereocenters. The summed E-state index contributed by atoms with van der Waals surface area (Å²) in [6, 6.07) is 27.6. The van der Waals surface area contributed by atoms with E-state index in [1.54, 1.807) is 72.8 Å². The summed E-state index contributed by atoms with van der Waals surface area (Å²) in [5.41, 5.74) is 8.67. The first-order valence-corrected chi connectivity index (χ1v) is 12.0. The Hall–Kier alpha value is -3.98. The van der Waals surface area contributed by atoms with Gasteiger partial charge in [-0.1, -0.05) is 54.6 Å². The number of anilines is 1. The second kappa shape index (κ2) is 9.88. The number of sulfonamides is 1. The van der Waals surface area contributed by atoms with Gasteiger partial charge in [0.05, 0.1) is 10.5 Å². The Kier molecular flexibility index (Phi) is 6.74. The normalized spacial score (nSPS) is 11.1. The van der Waals surface area contributed by atoms with Crippen molar-refractivity contribution in [3.8, 4) is 22.6 Å². The lowest BCUT2D eigenvalue weighted by Crippen LogP contribution is -2.13. The third kappa shape index (κ3) is 5.32. The Bertz CT molecular complexity index is 1430. The molecule has 5 N–H and O–H groups in total. The van der Waals surface area contributed by atoms with Gasteiger partial charge in [0.15, 0.2) is 0 Å². The first kappa shape index (κ1) is 23.2. The molecule has 0 fully saturated rings. The van der Waals surface area contributed by atoms with Gasteiger partial charge in [-0.05, 0) is 53.6 Å². The van der Waals surface area contributed by atoms with E-state index in [4.69, 9.17) is 15.6 Å². The fraction of sp³-hybridized carbons (Fsp3) is 0.0385. The van der Waals surface area contributed by atoms with Gasteiger partial charge < -0.3 is 15.8 Å². The van der Waals surface area contributed by atoms with Crippen LogP contribution in [-0.4, -0.2) is 14.3 Å². The van der Waals surface area contributed by atoms with Crippen LogP contribution in [0.5, 0.6) is 11.5 Å². The highest BCUT2D eigenvalue weighted by atomic mass is 32.2. The molecular formula is C26H23N3O4S. The number of nitrogens with two attached hydrogens (primary N) is 2. The van der Waals surface area contributed by atoms with Crippen molar-refractivity contribution in [2.45, 2.75) is 11.4 Å². The zero-order valence-electron chi connectivity index (χ0n) is 18.1. The lowest BCUT2D eigenvalue weighted by atomic mass is 10.1. The molecule has 0 radical (unpaired) electrons. The van der Waals surface area contributed by atoms with Crippen molar-refractivity contribution in [1.29, 1.82) is 0 Å². The van der Waals surface area contributed by atoms with E-state index in [1.807, 2.05) is 18.2 Å². The fourth-order valence-electron chi connectivity index (χ4n) is 3.49. The maximum absolute atomic E-state index is 13.0. The Balaban J connectivity index is 1.55. The van der Waals surface area contributed by atoms with E-state index in [-0.39, 0.29) is 10.8 Å². The molecule has 4 rings (SSSR count). The largest absolute Gasteiger partial charge is 0.457 e. The zero-order chi connectivity index (χ0) is 24.1. The van der Waals surface area contributed by atoms with Gasteiger partial charge in [-0.2, -0.15) is 0 Å². The van der Waals surface area contributed by atoms with E-state index in [2.05, 4.69) is 5.32 Å². The minimum Gasteiger partial charge on any atom is -0.457 e. The average molecular weight is 474 g/mol. The summed E-state index contributed by atoms with van der Waals surface area (Å²) in [7, 11) is -3.87. The van der Waals surface area contributed by atoms with E-state index >= 15 is 0 Å². The lowest BCUT2D eigenvalue weighted by Gasteiger charge is -2.13. The maximum atomic E-state index is 13.0. The molecule has 0 aliphatic carbocycles. The predicted molar refractivity (Wildman–Crippen MR) is 132 cm³/mol.